The van der Waals surface area contributed by atoms with Crippen molar-refractivity contribution in [1.29, 1.82) is 0 Å². The maximum absolute atomic E-state index is 4.87. The first-order chi connectivity index (χ1) is 15.3. The average molecular weight is 430 g/mol. The number of nitrogens with one attached hydrogen (secondary N) is 1. The lowest BCUT2D eigenvalue weighted by Gasteiger charge is -2.47. The van der Waals surface area contributed by atoms with E-state index in [-0.39, 0.29) is 11.0 Å². The molecule has 4 nitrogen and oxygen atoms in total. The molecule has 0 fully saturated rings. The third-order valence-electron chi connectivity index (χ3n) is 6.97. The van der Waals surface area contributed by atoms with Crippen LogP contribution < -0.4 is 9.88 Å². The summed E-state index contributed by atoms with van der Waals surface area (Å²) in [5, 5.41) is 3.22. The van der Waals surface area contributed by atoms with Crippen molar-refractivity contribution >= 4 is 6.21 Å². The van der Waals surface area contributed by atoms with Crippen molar-refractivity contribution < 1.29 is 4.57 Å². The van der Waals surface area contributed by atoms with Gasteiger partial charge in [-0.15, -0.1) is 0 Å². The van der Waals surface area contributed by atoms with Gasteiger partial charge < -0.3 is 5.32 Å². The van der Waals surface area contributed by atoms with E-state index < -0.39 is 0 Å². The number of aromatic nitrogens is 2. The number of aliphatic imine (C=N–C) groups is 1. The van der Waals surface area contributed by atoms with E-state index in [1.54, 1.807) is 0 Å². The lowest BCUT2D eigenvalue weighted by molar-refractivity contribution is -0.660. The summed E-state index contributed by atoms with van der Waals surface area (Å²) in [5.74, 6) is 1.24. The Morgan fingerprint density at radius 1 is 1.25 bits per heavy atom. The van der Waals surface area contributed by atoms with Crippen LogP contribution in [0.3, 0.4) is 0 Å². The number of fused-ring (bicyclic) bond motifs is 3. The molecule has 0 amide bonds. The van der Waals surface area contributed by atoms with Gasteiger partial charge in [-0.1, -0.05) is 63.8 Å². The SMILES string of the molecule is C=C(N/C=C\C=NC[C@]1(CC)n2cc[n+](C)c2-c2ccccc2C1(C)C)/C(C)=C\C=C/C. The van der Waals surface area contributed by atoms with Crippen LogP contribution in [0.15, 0.2) is 90.0 Å². The number of hydrogen-bond acceptors (Lipinski definition) is 2. The molecule has 1 aromatic heterocycles. The molecular weight excluding hydrogens is 392 g/mol. The molecule has 168 valence electrons. The van der Waals surface area contributed by atoms with Crippen molar-refractivity contribution in [2.75, 3.05) is 6.54 Å². The van der Waals surface area contributed by atoms with Gasteiger partial charge >= 0.3 is 0 Å². The van der Waals surface area contributed by atoms with E-state index in [0.29, 0.717) is 6.54 Å². The molecule has 1 aliphatic heterocycles. The summed E-state index contributed by atoms with van der Waals surface area (Å²) in [6.45, 7) is 15.8. The maximum atomic E-state index is 4.87. The molecule has 1 atom stereocenters. The van der Waals surface area contributed by atoms with Crippen molar-refractivity contribution in [1.82, 2.24) is 9.88 Å². The van der Waals surface area contributed by atoms with Crippen LogP contribution in [0.1, 0.15) is 46.6 Å². The zero-order chi connectivity index (χ0) is 23.4. The van der Waals surface area contributed by atoms with Crippen LogP contribution in [0.2, 0.25) is 0 Å². The quantitative estimate of drug-likeness (QED) is 0.331. The number of benzene rings is 1. The monoisotopic (exact) mass is 429 g/mol. The first-order valence-corrected chi connectivity index (χ1v) is 11.4. The fourth-order valence-electron chi connectivity index (χ4n) is 4.83. The molecule has 1 aromatic carbocycles. The number of imidazole rings is 1. The summed E-state index contributed by atoms with van der Waals surface area (Å²) in [4.78, 5) is 4.87. The van der Waals surface area contributed by atoms with E-state index >= 15 is 0 Å². The van der Waals surface area contributed by atoms with E-state index in [1.807, 2.05) is 50.6 Å². The van der Waals surface area contributed by atoms with Crippen molar-refractivity contribution in [3.05, 3.63) is 90.6 Å². The minimum atomic E-state index is -0.148. The fourth-order valence-corrected chi connectivity index (χ4v) is 4.83. The largest absolute Gasteiger partial charge is 0.362 e. The predicted molar refractivity (Wildman–Crippen MR) is 136 cm³/mol. The highest BCUT2D eigenvalue weighted by Gasteiger charge is 2.55. The van der Waals surface area contributed by atoms with Gasteiger partial charge in [0.15, 0.2) is 0 Å². The van der Waals surface area contributed by atoms with Crippen LogP contribution in [0.5, 0.6) is 0 Å². The van der Waals surface area contributed by atoms with Gasteiger partial charge in [0.25, 0.3) is 5.82 Å². The topological polar surface area (TPSA) is 33.2 Å². The van der Waals surface area contributed by atoms with Crippen molar-refractivity contribution in [2.24, 2.45) is 12.0 Å². The Kier molecular flexibility index (Phi) is 7.02. The molecular formula is C28H37N4+. The summed E-state index contributed by atoms with van der Waals surface area (Å²) >= 11 is 0. The Bertz CT molecular complexity index is 1090. The van der Waals surface area contributed by atoms with Crippen molar-refractivity contribution in [3.8, 4) is 11.4 Å². The summed E-state index contributed by atoms with van der Waals surface area (Å²) in [6, 6.07) is 8.79. The molecule has 0 radical (unpaired) electrons. The zero-order valence-electron chi connectivity index (χ0n) is 20.4. The molecule has 0 saturated carbocycles. The lowest BCUT2D eigenvalue weighted by Crippen LogP contribution is -2.55. The summed E-state index contributed by atoms with van der Waals surface area (Å²) < 4.78 is 4.67. The van der Waals surface area contributed by atoms with E-state index in [1.165, 1.54) is 17.0 Å². The Morgan fingerprint density at radius 2 is 2.00 bits per heavy atom. The lowest BCUT2D eigenvalue weighted by atomic mass is 9.63. The van der Waals surface area contributed by atoms with Gasteiger partial charge in [-0.3, -0.25) is 4.99 Å². The maximum Gasteiger partial charge on any atom is 0.289 e. The fraction of sp³-hybridized carbons (Fsp3) is 0.357. The Hall–Kier alpha value is -3.14. The van der Waals surface area contributed by atoms with E-state index in [0.717, 1.165) is 17.7 Å². The highest BCUT2D eigenvalue weighted by molar-refractivity contribution is 5.71. The summed E-state index contributed by atoms with van der Waals surface area (Å²) in [5.41, 5.74) is 4.46. The van der Waals surface area contributed by atoms with Gasteiger partial charge in [0.2, 0.25) is 0 Å². The van der Waals surface area contributed by atoms with Crippen LogP contribution in [-0.2, 0) is 18.0 Å². The second-order valence-electron chi connectivity index (χ2n) is 9.01. The first-order valence-electron chi connectivity index (χ1n) is 11.4. The Balaban J connectivity index is 1.84. The second kappa shape index (κ2) is 9.56. The van der Waals surface area contributed by atoms with Crippen LogP contribution in [0, 0.1) is 0 Å². The smallest absolute Gasteiger partial charge is 0.289 e. The highest BCUT2D eigenvalue weighted by atomic mass is 15.2. The second-order valence-corrected chi connectivity index (χ2v) is 9.01. The number of hydrogen-bond donors (Lipinski definition) is 1. The standard InChI is InChI=1S/C28H37N4/c1-8-10-14-22(3)23(4)30-18-13-17-29-21-28(9-2)27(5,6)25-16-12-11-15-24(25)26-31(7)19-20-32(26)28/h8,10-20,30H,4,9,21H2,1-3,5-7H3/q+1/b10-8-,18-13-,22-14-,29-17?/t28-/m0/s1. The van der Waals surface area contributed by atoms with Gasteiger partial charge in [0, 0.05) is 23.5 Å². The normalized spacial score (nSPS) is 20.1. The molecule has 1 N–H and O–H groups in total. The molecule has 0 aliphatic carbocycles. The molecule has 3 rings (SSSR count). The van der Waals surface area contributed by atoms with Crippen molar-refractivity contribution in [2.45, 2.75) is 52.0 Å². The van der Waals surface area contributed by atoms with Crippen LogP contribution >= 0.6 is 0 Å². The number of nitrogens with zero attached hydrogens (tertiary/aromatic N) is 3. The molecule has 0 saturated heterocycles. The van der Waals surface area contributed by atoms with E-state index in [9.17, 15) is 0 Å². The van der Waals surface area contributed by atoms with E-state index in [4.69, 9.17) is 4.99 Å². The zero-order valence-corrected chi connectivity index (χ0v) is 20.4. The average Bonchev–Trinajstić information content (AvgIpc) is 3.18. The minimum Gasteiger partial charge on any atom is -0.362 e. The summed E-state index contributed by atoms with van der Waals surface area (Å²) in [7, 11) is 2.12. The molecule has 1 aliphatic rings. The molecule has 0 spiro atoms. The van der Waals surface area contributed by atoms with Crippen molar-refractivity contribution in [3.63, 3.8) is 0 Å². The third-order valence-corrected chi connectivity index (χ3v) is 6.97. The molecule has 2 heterocycles. The van der Waals surface area contributed by atoms with Crippen LogP contribution in [-0.4, -0.2) is 17.3 Å². The highest BCUT2D eigenvalue weighted by Crippen LogP contribution is 2.50. The Labute approximate surface area is 193 Å². The molecule has 2 aromatic rings. The van der Waals surface area contributed by atoms with Gasteiger partial charge in [0.1, 0.15) is 17.9 Å². The van der Waals surface area contributed by atoms with Crippen LogP contribution in [0.25, 0.3) is 11.4 Å². The molecule has 32 heavy (non-hydrogen) atoms. The number of rotatable bonds is 8. The molecule has 4 heteroatoms. The third kappa shape index (κ3) is 4.02. The van der Waals surface area contributed by atoms with Gasteiger partial charge in [0.05, 0.1) is 19.2 Å². The molecule has 0 unspecified atom stereocenters. The minimum absolute atomic E-state index is 0.0698. The van der Waals surface area contributed by atoms with Gasteiger partial charge in [-0.2, -0.15) is 0 Å². The van der Waals surface area contributed by atoms with Gasteiger partial charge in [-0.25, -0.2) is 9.13 Å². The van der Waals surface area contributed by atoms with Gasteiger partial charge in [-0.05, 0) is 43.5 Å². The first kappa shape index (κ1) is 23.5. The number of allylic oxidation sites excluding steroid dienone is 5. The number of aryl methyl sites for hydroxylation is 1. The summed E-state index contributed by atoms with van der Waals surface area (Å²) in [6.07, 6.45) is 17.1. The molecule has 0 bridgehead atoms. The van der Waals surface area contributed by atoms with Crippen LogP contribution in [0.4, 0.5) is 0 Å². The Morgan fingerprint density at radius 3 is 2.72 bits per heavy atom. The van der Waals surface area contributed by atoms with E-state index in [2.05, 4.69) is 85.5 Å². The predicted octanol–water partition coefficient (Wildman–Crippen LogP) is 5.59.